The first-order valence-corrected chi connectivity index (χ1v) is 8.46. The quantitative estimate of drug-likeness (QED) is 0.502. The van der Waals surface area contributed by atoms with Gasteiger partial charge in [0, 0.05) is 10.6 Å². The van der Waals surface area contributed by atoms with Gasteiger partial charge in [-0.15, -0.1) is 6.58 Å². The number of aromatic carboxylic acids is 1. The van der Waals surface area contributed by atoms with Gasteiger partial charge in [0.1, 0.15) is 17.1 Å². The summed E-state index contributed by atoms with van der Waals surface area (Å²) in [5, 5.41) is 20.7. The van der Waals surface area contributed by atoms with Crippen LogP contribution >= 0.6 is 11.6 Å². The summed E-state index contributed by atoms with van der Waals surface area (Å²) in [7, 11) is 1.49. The monoisotopic (exact) mass is 372 g/mol. The van der Waals surface area contributed by atoms with Gasteiger partial charge < -0.3 is 14.9 Å². The van der Waals surface area contributed by atoms with Crippen LogP contribution in [0.4, 0.5) is 0 Å². The van der Waals surface area contributed by atoms with Crippen molar-refractivity contribution in [3.05, 3.63) is 69.8 Å². The third-order valence-electron chi connectivity index (χ3n) is 3.98. The smallest absolute Gasteiger partial charge is 0.340 e. The van der Waals surface area contributed by atoms with Gasteiger partial charge in [-0.2, -0.15) is 0 Å². The molecule has 0 unspecified atom stereocenters. The van der Waals surface area contributed by atoms with Crippen molar-refractivity contribution in [1.29, 1.82) is 0 Å². The maximum Gasteiger partial charge on any atom is 0.340 e. The van der Waals surface area contributed by atoms with Crippen LogP contribution in [0.25, 0.3) is 12.2 Å². The zero-order valence-corrected chi connectivity index (χ0v) is 15.5. The van der Waals surface area contributed by atoms with E-state index in [0.717, 1.165) is 11.1 Å². The topological polar surface area (TPSA) is 66.8 Å². The number of rotatable bonds is 7. The summed E-state index contributed by atoms with van der Waals surface area (Å²) in [6, 6.07) is 8.83. The molecule has 5 heteroatoms. The number of carbonyl (C=O) groups is 1. The molecule has 0 heterocycles. The molecule has 2 aromatic carbocycles. The summed E-state index contributed by atoms with van der Waals surface area (Å²) in [5.74, 6) is -1.05. The Hall–Kier alpha value is -2.72. The molecule has 0 saturated heterocycles. The number of hydrogen-bond acceptors (Lipinski definition) is 3. The molecule has 4 nitrogen and oxygen atoms in total. The van der Waals surface area contributed by atoms with Crippen LogP contribution in [0, 0.1) is 0 Å². The van der Waals surface area contributed by atoms with Gasteiger partial charge in [-0.05, 0) is 43.0 Å². The van der Waals surface area contributed by atoms with Gasteiger partial charge in [0.25, 0.3) is 0 Å². The van der Waals surface area contributed by atoms with Crippen LogP contribution in [0.3, 0.4) is 0 Å². The summed E-state index contributed by atoms with van der Waals surface area (Å²) < 4.78 is 5.37. The van der Waals surface area contributed by atoms with E-state index in [9.17, 15) is 15.0 Å². The molecule has 0 amide bonds. The van der Waals surface area contributed by atoms with Crippen molar-refractivity contribution in [2.45, 2.75) is 19.8 Å². The molecule has 0 bridgehead atoms. The highest BCUT2D eigenvalue weighted by molar-refractivity contribution is 6.32. The number of methoxy groups -OCH3 is 1. The number of aromatic hydroxyl groups is 1. The van der Waals surface area contributed by atoms with Crippen molar-refractivity contribution in [3.63, 3.8) is 0 Å². The number of halogens is 1. The Bertz CT molecular complexity index is 869. The van der Waals surface area contributed by atoms with Crippen LogP contribution in [0.1, 0.15) is 40.4 Å². The Balaban J connectivity index is 2.55. The summed E-state index contributed by atoms with van der Waals surface area (Å²) in [4.78, 5) is 11.7. The van der Waals surface area contributed by atoms with Crippen LogP contribution in [-0.4, -0.2) is 23.3 Å². The fourth-order valence-corrected chi connectivity index (χ4v) is 2.81. The molecule has 2 aromatic rings. The van der Waals surface area contributed by atoms with Crippen LogP contribution in [0.15, 0.2) is 42.5 Å². The van der Waals surface area contributed by atoms with Gasteiger partial charge >= 0.3 is 5.97 Å². The highest BCUT2D eigenvalue weighted by Crippen LogP contribution is 2.37. The SMILES string of the molecule is C=C(C)CCc1c(OC)cc(/C=C/c2ccccc2Cl)c(C(=O)O)c1O. The van der Waals surface area contributed by atoms with E-state index in [-0.39, 0.29) is 11.3 Å². The zero-order valence-electron chi connectivity index (χ0n) is 14.8. The lowest BCUT2D eigenvalue weighted by molar-refractivity contribution is 0.0693. The van der Waals surface area contributed by atoms with Crippen LogP contribution < -0.4 is 4.74 Å². The van der Waals surface area contributed by atoms with E-state index in [1.807, 2.05) is 25.1 Å². The van der Waals surface area contributed by atoms with E-state index in [4.69, 9.17) is 16.3 Å². The van der Waals surface area contributed by atoms with E-state index in [0.29, 0.717) is 34.7 Å². The van der Waals surface area contributed by atoms with Gasteiger partial charge in [-0.3, -0.25) is 0 Å². The lowest BCUT2D eigenvalue weighted by atomic mass is 9.96. The van der Waals surface area contributed by atoms with Crippen molar-refractivity contribution in [2.24, 2.45) is 0 Å². The van der Waals surface area contributed by atoms with Crippen molar-refractivity contribution in [3.8, 4) is 11.5 Å². The minimum atomic E-state index is -1.21. The first kappa shape index (κ1) is 19.6. The molecule has 0 aliphatic heterocycles. The summed E-state index contributed by atoms with van der Waals surface area (Å²) in [5.41, 5.74) is 2.32. The average molecular weight is 373 g/mol. The van der Waals surface area contributed by atoms with Gasteiger partial charge in [0.2, 0.25) is 0 Å². The molecule has 0 spiro atoms. The van der Waals surface area contributed by atoms with Crippen LogP contribution in [0.5, 0.6) is 11.5 Å². The molecule has 0 aromatic heterocycles. The Kier molecular flexibility index (Phi) is 6.47. The number of phenols is 1. The van der Waals surface area contributed by atoms with Gasteiger partial charge in [0.05, 0.1) is 7.11 Å². The fraction of sp³-hybridized carbons (Fsp3) is 0.190. The van der Waals surface area contributed by atoms with Crippen molar-refractivity contribution >= 4 is 29.7 Å². The number of allylic oxidation sites excluding steroid dienone is 1. The normalized spacial score (nSPS) is 10.9. The Labute approximate surface area is 158 Å². The second-order valence-corrected chi connectivity index (χ2v) is 6.39. The number of ether oxygens (including phenoxy) is 1. The van der Waals surface area contributed by atoms with Crippen molar-refractivity contribution < 1.29 is 19.7 Å². The van der Waals surface area contributed by atoms with Crippen molar-refractivity contribution in [1.82, 2.24) is 0 Å². The highest BCUT2D eigenvalue weighted by Gasteiger charge is 2.21. The number of benzene rings is 2. The lowest BCUT2D eigenvalue weighted by Gasteiger charge is -2.15. The molecular formula is C21H21ClO4. The molecule has 0 atom stereocenters. The predicted molar refractivity (Wildman–Crippen MR) is 105 cm³/mol. The molecule has 0 fully saturated rings. The number of carboxylic acids is 1. The second kappa shape index (κ2) is 8.59. The minimum Gasteiger partial charge on any atom is -0.507 e. The highest BCUT2D eigenvalue weighted by atomic mass is 35.5. The Morgan fingerprint density at radius 1 is 1.27 bits per heavy atom. The third kappa shape index (κ3) is 4.46. The maximum absolute atomic E-state index is 11.7. The van der Waals surface area contributed by atoms with E-state index in [1.165, 1.54) is 7.11 Å². The second-order valence-electron chi connectivity index (χ2n) is 5.99. The lowest BCUT2D eigenvalue weighted by Crippen LogP contribution is -2.05. The minimum absolute atomic E-state index is 0.161. The first-order valence-electron chi connectivity index (χ1n) is 8.08. The molecule has 0 radical (unpaired) electrons. The molecular weight excluding hydrogens is 352 g/mol. The van der Waals surface area contributed by atoms with Crippen LogP contribution in [0.2, 0.25) is 5.02 Å². The van der Waals surface area contributed by atoms with Gasteiger partial charge in [-0.1, -0.05) is 47.5 Å². The van der Waals surface area contributed by atoms with Crippen LogP contribution in [-0.2, 0) is 6.42 Å². The van der Waals surface area contributed by atoms with Gasteiger partial charge in [-0.25, -0.2) is 4.79 Å². The standard InChI is InChI=1S/C21H21ClO4/c1-13(2)8-11-16-18(26-3)12-15(19(20(16)23)21(24)25)10-9-14-6-4-5-7-17(14)22/h4-7,9-10,12,23H,1,8,11H2,2-3H3,(H,24,25)/b10-9+. The first-order chi connectivity index (χ1) is 12.3. The number of hydrogen-bond donors (Lipinski definition) is 2. The fourth-order valence-electron chi connectivity index (χ4n) is 2.61. The summed E-state index contributed by atoms with van der Waals surface area (Å²) in [6.45, 7) is 5.72. The third-order valence-corrected chi connectivity index (χ3v) is 4.32. The van der Waals surface area contributed by atoms with E-state index in [2.05, 4.69) is 6.58 Å². The summed E-state index contributed by atoms with van der Waals surface area (Å²) >= 11 is 6.13. The largest absolute Gasteiger partial charge is 0.507 e. The zero-order chi connectivity index (χ0) is 19.3. The van der Waals surface area contributed by atoms with E-state index in [1.54, 1.807) is 24.3 Å². The van der Waals surface area contributed by atoms with Gasteiger partial charge in [0.15, 0.2) is 0 Å². The van der Waals surface area contributed by atoms with E-state index < -0.39 is 5.97 Å². The molecule has 0 aliphatic rings. The Morgan fingerprint density at radius 2 is 1.92 bits per heavy atom. The molecule has 0 saturated carbocycles. The average Bonchev–Trinajstić information content (AvgIpc) is 2.59. The van der Waals surface area contributed by atoms with Crippen molar-refractivity contribution in [2.75, 3.05) is 7.11 Å². The molecule has 26 heavy (non-hydrogen) atoms. The van der Waals surface area contributed by atoms with E-state index >= 15 is 0 Å². The molecule has 2 rings (SSSR count). The molecule has 2 N–H and O–H groups in total. The molecule has 136 valence electrons. The maximum atomic E-state index is 11.7. The number of carboxylic acid groups (broad SMARTS) is 1. The summed E-state index contributed by atoms with van der Waals surface area (Å²) in [6.07, 6.45) is 4.38. The predicted octanol–water partition coefficient (Wildman–Crippen LogP) is 5.43. The molecule has 0 aliphatic carbocycles. The Morgan fingerprint density at radius 3 is 2.50 bits per heavy atom.